The van der Waals surface area contributed by atoms with E-state index < -0.39 is 5.91 Å². The van der Waals surface area contributed by atoms with Gasteiger partial charge < -0.3 is 25.8 Å². The second-order valence-corrected chi connectivity index (χ2v) is 6.16. The maximum Gasteiger partial charge on any atom is 0.263 e. The Labute approximate surface area is 154 Å². The molecule has 3 aromatic heterocycles. The minimum Gasteiger partial charge on any atom is -0.494 e. The smallest absolute Gasteiger partial charge is 0.263 e. The number of carbonyl (C=O) groups excluding carboxylic acids is 1. The van der Waals surface area contributed by atoms with E-state index in [0.29, 0.717) is 28.8 Å². The Hall–Kier alpha value is -3.40. The number of hydrogen-bond donors (Lipinski definition) is 3. The minimum atomic E-state index is -0.439. The van der Waals surface area contributed by atoms with E-state index in [9.17, 15) is 4.79 Å². The van der Waals surface area contributed by atoms with Crippen LogP contribution in [0.25, 0.3) is 5.65 Å². The van der Waals surface area contributed by atoms with Crippen molar-refractivity contribution in [2.24, 2.45) is 5.92 Å². The van der Waals surface area contributed by atoms with E-state index in [2.05, 4.69) is 25.7 Å². The highest BCUT2D eigenvalue weighted by molar-refractivity contribution is 6.12. The van der Waals surface area contributed by atoms with Crippen molar-refractivity contribution in [3.05, 3.63) is 36.3 Å². The number of aromatic nitrogens is 4. The first-order valence-electron chi connectivity index (χ1n) is 8.41. The second kappa shape index (κ2) is 7.08. The van der Waals surface area contributed by atoms with Gasteiger partial charge in [-0.25, -0.2) is 9.50 Å². The summed E-state index contributed by atoms with van der Waals surface area (Å²) in [6.07, 6.45) is 4.78. The van der Waals surface area contributed by atoms with Crippen LogP contribution < -0.4 is 21.1 Å². The summed E-state index contributed by atoms with van der Waals surface area (Å²) in [5, 5.41) is 10.2. The number of ether oxygens (including phenoxy) is 2. The van der Waals surface area contributed by atoms with Crippen molar-refractivity contribution < 1.29 is 14.3 Å². The molecular formula is C17H19N7O3. The van der Waals surface area contributed by atoms with Crippen molar-refractivity contribution in [1.82, 2.24) is 19.6 Å². The molecule has 4 heterocycles. The Kier molecular flexibility index (Phi) is 4.47. The third-order valence-corrected chi connectivity index (χ3v) is 4.27. The van der Waals surface area contributed by atoms with Gasteiger partial charge in [0.05, 0.1) is 26.5 Å². The lowest BCUT2D eigenvalue weighted by Gasteiger charge is -2.26. The van der Waals surface area contributed by atoms with E-state index in [4.69, 9.17) is 15.2 Å². The SMILES string of the molecule is COc1ccncc1NC(=O)c1c(N)nn2ccc(NCC3COC3)nc12. The second-order valence-electron chi connectivity index (χ2n) is 6.16. The molecule has 0 spiro atoms. The van der Waals surface area contributed by atoms with Crippen LogP contribution in [0.1, 0.15) is 10.4 Å². The van der Waals surface area contributed by atoms with E-state index >= 15 is 0 Å². The zero-order valence-electron chi connectivity index (χ0n) is 14.7. The van der Waals surface area contributed by atoms with Gasteiger partial charge >= 0.3 is 0 Å². The van der Waals surface area contributed by atoms with Gasteiger partial charge in [0.15, 0.2) is 11.5 Å². The normalized spacial score (nSPS) is 14.0. The van der Waals surface area contributed by atoms with Crippen molar-refractivity contribution in [1.29, 1.82) is 0 Å². The Morgan fingerprint density at radius 1 is 1.44 bits per heavy atom. The Morgan fingerprint density at radius 2 is 2.30 bits per heavy atom. The van der Waals surface area contributed by atoms with Crippen molar-refractivity contribution in [3.8, 4) is 5.75 Å². The van der Waals surface area contributed by atoms with Gasteiger partial charge in [-0.2, -0.15) is 0 Å². The molecule has 27 heavy (non-hydrogen) atoms. The summed E-state index contributed by atoms with van der Waals surface area (Å²) >= 11 is 0. The topological polar surface area (TPSA) is 129 Å². The van der Waals surface area contributed by atoms with Crippen LogP contribution in [0.5, 0.6) is 5.75 Å². The molecule has 3 aromatic rings. The number of anilines is 3. The minimum absolute atomic E-state index is 0.0902. The van der Waals surface area contributed by atoms with Gasteiger partial charge in [-0.3, -0.25) is 9.78 Å². The number of fused-ring (bicyclic) bond motifs is 1. The van der Waals surface area contributed by atoms with Gasteiger partial charge in [-0.15, -0.1) is 5.10 Å². The van der Waals surface area contributed by atoms with Crippen LogP contribution in [0.2, 0.25) is 0 Å². The molecule has 1 saturated heterocycles. The highest BCUT2D eigenvalue weighted by Gasteiger charge is 2.22. The average Bonchev–Trinajstić information content (AvgIpc) is 2.96. The number of nitrogen functional groups attached to an aromatic ring is 1. The molecule has 1 fully saturated rings. The zero-order valence-corrected chi connectivity index (χ0v) is 14.7. The molecule has 10 nitrogen and oxygen atoms in total. The molecule has 0 aliphatic carbocycles. The summed E-state index contributed by atoms with van der Waals surface area (Å²) in [4.78, 5) is 21.3. The predicted octanol–water partition coefficient (Wildman–Crippen LogP) is 1.03. The third-order valence-electron chi connectivity index (χ3n) is 4.27. The Morgan fingerprint density at radius 3 is 3.04 bits per heavy atom. The first-order chi connectivity index (χ1) is 13.2. The fraction of sp³-hybridized carbons (Fsp3) is 0.294. The summed E-state index contributed by atoms with van der Waals surface area (Å²) in [5.74, 6) is 1.26. The average molecular weight is 369 g/mol. The van der Waals surface area contributed by atoms with E-state index in [1.165, 1.54) is 17.8 Å². The quantitative estimate of drug-likeness (QED) is 0.587. The Balaban J connectivity index is 1.61. The number of pyridine rings is 1. The lowest BCUT2D eigenvalue weighted by atomic mass is 10.1. The van der Waals surface area contributed by atoms with Gasteiger partial charge in [0.1, 0.15) is 22.8 Å². The molecule has 4 N–H and O–H groups in total. The lowest BCUT2D eigenvalue weighted by molar-refractivity contribution is -0.0248. The number of methoxy groups -OCH3 is 1. The standard InChI is InChI=1S/C17H19N7O3/c1-26-12-2-4-19-7-11(12)21-17(25)14-15(18)23-24-5-3-13(22-16(14)24)20-6-10-8-27-9-10/h2-5,7,10H,6,8-9H2,1H3,(H2,18,23)(H,20,22)(H,21,25). The molecule has 10 heteroatoms. The molecule has 4 rings (SSSR count). The highest BCUT2D eigenvalue weighted by atomic mass is 16.5. The molecule has 1 amide bonds. The number of nitrogens with one attached hydrogen (secondary N) is 2. The van der Waals surface area contributed by atoms with Crippen LogP contribution in [-0.4, -0.2) is 52.4 Å². The fourth-order valence-corrected chi connectivity index (χ4v) is 2.75. The summed E-state index contributed by atoms with van der Waals surface area (Å²) in [6.45, 7) is 2.24. The molecule has 0 aromatic carbocycles. The van der Waals surface area contributed by atoms with Crippen LogP contribution in [0.3, 0.4) is 0 Å². The lowest BCUT2D eigenvalue weighted by Crippen LogP contribution is -2.33. The predicted molar refractivity (Wildman–Crippen MR) is 98.9 cm³/mol. The van der Waals surface area contributed by atoms with Gasteiger partial charge in [-0.1, -0.05) is 0 Å². The van der Waals surface area contributed by atoms with Gasteiger partial charge in [0.25, 0.3) is 5.91 Å². The zero-order chi connectivity index (χ0) is 18.8. The van der Waals surface area contributed by atoms with Gasteiger partial charge in [0.2, 0.25) is 0 Å². The number of nitrogens with zero attached hydrogens (tertiary/aromatic N) is 4. The largest absolute Gasteiger partial charge is 0.494 e. The number of nitrogens with two attached hydrogens (primary N) is 1. The van der Waals surface area contributed by atoms with Crippen molar-refractivity contribution in [2.45, 2.75) is 0 Å². The molecule has 1 aliphatic rings. The van der Waals surface area contributed by atoms with Crippen LogP contribution in [0.15, 0.2) is 30.7 Å². The van der Waals surface area contributed by atoms with Crippen LogP contribution in [-0.2, 0) is 4.74 Å². The molecule has 0 radical (unpaired) electrons. The molecule has 0 atom stereocenters. The molecule has 0 bridgehead atoms. The van der Waals surface area contributed by atoms with Crippen molar-refractivity contribution in [2.75, 3.05) is 43.2 Å². The number of carbonyl (C=O) groups is 1. The number of rotatable bonds is 6. The number of hydrogen-bond acceptors (Lipinski definition) is 8. The molecule has 1 aliphatic heterocycles. The van der Waals surface area contributed by atoms with E-state index in [1.54, 1.807) is 24.5 Å². The van der Waals surface area contributed by atoms with Crippen LogP contribution in [0, 0.1) is 5.92 Å². The molecule has 0 unspecified atom stereocenters. The van der Waals surface area contributed by atoms with Crippen molar-refractivity contribution >= 4 is 28.9 Å². The first kappa shape index (κ1) is 17.0. The highest BCUT2D eigenvalue weighted by Crippen LogP contribution is 2.25. The summed E-state index contributed by atoms with van der Waals surface area (Å²) in [6, 6.07) is 3.43. The molecule has 140 valence electrons. The van der Waals surface area contributed by atoms with Crippen LogP contribution in [0.4, 0.5) is 17.3 Å². The monoisotopic (exact) mass is 369 g/mol. The maximum absolute atomic E-state index is 12.8. The van der Waals surface area contributed by atoms with Crippen LogP contribution >= 0.6 is 0 Å². The maximum atomic E-state index is 12.8. The summed E-state index contributed by atoms with van der Waals surface area (Å²) in [5.41, 5.74) is 6.95. The molecule has 0 saturated carbocycles. The summed E-state index contributed by atoms with van der Waals surface area (Å²) in [7, 11) is 1.52. The van der Waals surface area contributed by atoms with Gasteiger partial charge in [0, 0.05) is 30.9 Å². The number of amides is 1. The van der Waals surface area contributed by atoms with Gasteiger partial charge in [-0.05, 0) is 6.07 Å². The fourth-order valence-electron chi connectivity index (χ4n) is 2.75. The van der Waals surface area contributed by atoms with E-state index in [0.717, 1.165) is 19.8 Å². The van der Waals surface area contributed by atoms with E-state index in [1.807, 2.05) is 0 Å². The molecular weight excluding hydrogens is 350 g/mol. The third kappa shape index (κ3) is 3.34. The first-order valence-corrected chi connectivity index (χ1v) is 8.41. The van der Waals surface area contributed by atoms with Crippen molar-refractivity contribution in [3.63, 3.8) is 0 Å². The van der Waals surface area contributed by atoms with E-state index in [-0.39, 0.29) is 11.4 Å². The Bertz CT molecular complexity index is 984. The summed E-state index contributed by atoms with van der Waals surface area (Å²) < 4.78 is 11.9.